The molecule has 3 heteroatoms. The first kappa shape index (κ1) is 43.2. The monoisotopic (exact) mass is 601 g/mol. The van der Waals surface area contributed by atoms with Gasteiger partial charge in [-0.15, -0.1) is 0 Å². The van der Waals surface area contributed by atoms with E-state index < -0.39 is 5.97 Å². The largest absolute Gasteiger partial charge is 0.481 e. The van der Waals surface area contributed by atoms with Crippen molar-refractivity contribution in [3.63, 3.8) is 0 Å². The standard InChI is InChI=1S/C22H40O.C18H32O2/c1-5-6-7-8-9-10-11-12-13-14-15-16-17-18-19-20-21(23)22(2,3)4;1-2-3-4-5-6-7-8-9-10-11-12-13-14-15-16-17-18(19)20/h9-10,12-13H,5-8,11,14-20H2,1-4H3;6-7,9-10H,2-5,8,11-17H2,1H3,(H,19,20)/b10-9-,13-12-;7-6-,10-9-. The molecule has 0 aliphatic carbocycles. The van der Waals surface area contributed by atoms with E-state index in [9.17, 15) is 9.59 Å². The van der Waals surface area contributed by atoms with Crippen molar-refractivity contribution in [2.24, 2.45) is 5.41 Å². The second kappa shape index (κ2) is 34.6. The molecule has 0 rings (SSSR count). The number of allylic oxidation sites excluding steroid dienone is 8. The lowest BCUT2D eigenvalue weighted by molar-refractivity contribution is -0.137. The fourth-order valence-electron chi connectivity index (χ4n) is 4.56. The molecule has 0 spiro atoms. The van der Waals surface area contributed by atoms with Gasteiger partial charge in [-0.1, -0.05) is 147 Å². The van der Waals surface area contributed by atoms with Gasteiger partial charge >= 0.3 is 5.97 Å². The van der Waals surface area contributed by atoms with Crippen LogP contribution in [0.5, 0.6) is 0 Å². The van der Waals surface area contributed by atoms with Crippen molar-refractivity contribution in [2.45, 2.75) is 189 Å². The lowest BCUT2D eigenvalue weighted by Crippen LogP contribution is -2.19. The third-order valence-electron chi connectivity index (χ3n) is 7.53. The molecule has 0 unspecified atom stereocenters. The summed E-state index contributed by atoms with van der Waals surface area (Å²) in [5.74, 6) is -0.265. The van der Waals surface area contributed by atoms with Gasteiger partial charge in [0, 0.05) is 18.3 Å². The molecule has 0 saturated heterocycles. The smallest absolute Gasteiger partial charge is 0.303 e. The van der Waals surface area contributed by atoms with E-state index in [2.05, 4.69) is 62.5 Å². The number of carbonyl (C=O) groups excluding carboxylic acids is 1. The van der Waals surface area contributed by atoms with Gasteiger partial charge in [-0.2, -0.15) is 0 Å². The second-order valence-electron chi connectivity index (χ2n) is 13.0. The average Bonchev–Trinajstić information content (AvgIpc) is 2.96. The van der Waals surface area contributed by atoms with Crippen molar-refractivity contribution in [3.8, 4) is 0 Å². The maximum absolute atomic E-state index is 11.8. The van der Waals surface area contributed by atoms with Gasteiger partial charge in [0.1, 0.15) is 5.78 Å². The molecule has 43 heavy (non-hydrogen) atoms. The molecule has 0 aliphatic heterocycles. The third-order valence-corrected chi connectivity index (χ3v) is 7.53. The van der Waals surface area contributed by atoms with E-state index in [1.807, 2.05) is 20.8 Å². The molecule has 0 aromatic carbocycles. The number of Topliss-reactive ketones (excluding diaryl/α,β-unsaturated/α-hetero) is 1. The number of rotatable bonds is 28. The van der Waals surface area contributed by atoms with Gasteiger partial charge in [0.25, 0.3) is 0 Å². The number of unbranched alkanes of at least 4 members (excludes halogenated alkanes) is 16. The summed E-state index contributed by atoms with van der Waals surface area (Å²) < 4.78 is 0. The van der Waals surface area contributed by atoms with E-state index in [-0.39, 0.29) is 5.41 Å². The van der Waals surface area contributed by atoms with Crippen LogP contribution in [0.4, 0.5) is 0 Å². The first-order chi connectivity index (χ1) is 20.8. The Balaban J connectivity index is 0. The highest BCUT2D eigenvalue weighted by atomic mass is 16.4. The Bertz CT molecular complexity index is 721. The summed E-state index contributed by atoms with van der Waals surface area (Å²) in [6.45, 7) is 10.5. The Morgan fingerprint density at radius 1 is 0.465 bits per heavy atom. The number of carboxylic acids is 1. The van der Waals surface area contributed by atoms with Crippen LogP contribution in [-0.4, -0.2) is 16.9 Å². The van der Waals surface area contributed by atoms with Crippen LogP contribution in [0.1, 0.15) is 189 Å². The number of hydrogen-bond acceptors (Lipinski definition) is 2. The number of aliphatic carboxylic acids is 1. The molecular weight excluding hydrogens is 528 g/mol. The Hall–Kier alpha value is -1.90. The maximum atomic E-state index is 11.8. The number of ketones is 1. The van der Waals surface area contributed by atoms with Crippen LogP contribution < -0.4 is 0 Å². The molecule has 250 valence electrons. The van der Waals surface area contributed by atoms with Gasteiger partial charge in [0.05, 0.1) is 0 Å². The number of carboxylic acid groups (broad SMARTS) is 1. The van der Waals surface area contributed by atoms with Gasteiger partial charge < -0.3 is 5.11 Å². The minimum atomic E-state index is -0.671. The van der Waals surface area contributed by atoms with Crippen molar-refractivity contribution in [3.05, 3.63) is 48.6 Å². The molecule has 0 fully saturated rings. The summed E-state index contributed by atoms with van der Waals surface area (Å²) in [6.07, 6.45) is 45.9. The van der Waals surface area contributed by atoms with Gasteiger partial charge in [-0.05, 0) is 77.0 Å². The highest BCUT2D eigenvalue weighted by Gasteiger charge is 2.19. The van der Waals surface area contributed by atoms with Crippen LogP contribution in [0.2, 0.25) is 0 Å². The van der Waals surface area contributed by atoms with Crippen molar-refractivity contribution in [2.75, 3.05) is 0 Å². The summed E-state index contributed by atoms with van der Waals surface area (Å²) in [5.41, 5.74) is -0.157. The molecule has 0 aromatic heterocycles. The molecule has 3 nitrogen and oxygen atoms in total. The lowest BCUT2D eigenvalue weighted by atomic mass is 9.88. The van der Waals surface area contributed by atoms with Crippen molar-refractivity contribution in [1.29, 1.82) is 0 Å². The first-order valence-corrected chi connectivity index (χ1v) is 18.1. The topological polar surface area (TPSA) is 54.4 Å². The van der Waals surface area contributed by atoms with Crippen LogP contribution >= 0.6 is 0 Å². The van der Waals surface area contributed by atoms with Gasteiger partial charge in [-0.25, -0.2) is 0 Å². The molecule has 0 radical (unpaired) electrons. The average molecular weight is 601 g/mol. The van der Waals surface area contributed by atoms with E-state index in [4.69, 9.17) is 5.11 Å². The molecule has 0 aliphatic rings. The molecule has 0 atom stereocenters. The van der Waals surface area contributed by atoms with E-state index in [0.29, 0.717) is 12.2 Å². The highest BCUT2D eigenvalue weighted by Crippen LogP contribution is 2.19. The summed E-state index contributed by atoms with van der Waals surface area (Å²) >= 11 is 0. The zero-order chi connectivity index (χ0) is 32.3. The maximum Gasteiger partial charge on any atom is 0.303 e. The Morgan fingerprint density at radius 3 is 1.14 bits per heavy atom. The minimum absolute atomic E-state index is 0.157. The SMILES string of the molecule is CCCCC/C=C\C/C=C\CCCCCCCC(=O)C(C)(C)C.CCCCC/C=C\C/C=C\CCCCCCCC(=O)O. The Morgan fingerprint density at radius 2 is 0.791 bits per heavy atom. The predicted octanol–water partition coefficient (Wildman–Crippen LogP) is 13.3. The molecular formula is C40H72O3. The Labute approximate surface area is 268 Å². The van der Waals surface area contributed by atoms with E-state index >= 15 is 0 Å². The Kier molecular flexibility index (Phi) is 34.8. The summed E-state index contributed by atoms with van der Waals surface area (Å²) in [4.78, 5) is 22.1. The van der Waals surface area contributed by atoms with Crippen LogP contribution in [-0.2, 0) is 9.59 Å². The van der Waals surface area contributed by atoms with Crippen LogP contribution in [0.25, 0.3) is 0 Å². The third kappa shape index (κ3) is 40.1. The van der Waals surface area contributed by atoms with E-state index in [1.165, 1.54) is 103 Å². The first-order valence-electron chi connectivity index (χ1n) is 18.1. The zero-order valence-electron chi connectivity index (χ0n) is 29.4. The molecule has 0 amide bonds. The highest BCUT2D eigenvalue weighted by molar-refractivity contribution is 5.83. The fraction of sp³-hybridized carbons (Fsp3) is 0.750. The van der Waals surface area contributed by atoms with Crippen LogP contribution in [0, 0.1) is 5.41 Å². The number of carbonyl (C=O) groups is 2. The lowest BCUT2D eigenvalue weighted by Gasteiger charge is -2.16. The fourth-order valence-corrected chi connectivity index (χ4v) is 4.56. The van der Waals surface area contributed by atoms with Crippen LogP contribution in [0.15, 0.2) is 48.6 Å². The summed E-state index contributed by atoms with van der Waals surface area (Å²) in [6, 6.07) is 0. The van der Waals surface area contributed by atoms with E-state index in [1.54, 1.807) is 0 Å². The quantitative estimate of drug-likeness (QED) is 0.0718. The molecule has 0 heterocycles. The number of hydrogen-bond donors (Lipinski definition) is 1. The normalized spacial score (nSPS) is 12.1. The molecule has 0 aromatic rings. The van der Waals surface area contributed by atoms with Gasteiger partial charge in [0.15, 0.2) is 0 Å². The van der Waals surface area contributed by atoms with E-state index in [0.717, 1.165) is 44.9 Å². The predicted molar refractivity (Wildman–Crippen MR) is 191 cm³/mol. The minimum Gasteiger partial charge on any atom is -0.481 e. The van der Waals surface area contributed by atoms with Crippen molar-refractivity contribution >= 4 is 11.8 Å². The summed E-state index contributed by atoms with van der Waals surface area (Å²) in [7, 11) is 0. The van der Waals surface area contributed by atoms with Gasteiger partial charge in [-0.3, -0.25) is 9.59 Å². The van der Waals surface area contributed by atoms with Crippen LogP contribution in [0.3, 0.4) is 0 Å². The molecule has 1 N–H and O–H groups in total. The summed E-state index contributed by atoms with van der Waals surface area (Å²) in [5, 5.41) is 8.50. The van der Waals surface area contributed by atoms with Crippen molar-refractivity contribution in [1.82, 2.24) is 0 Å². The molecule has 0 saturated carbocycles. The second-order valence-corrected chi connectivity index (χ2v) is 13.0. The zero-order valence-corrected chi connectivity index (χ0v) is 29.4. The molecule has 0 bridgehead atoms. The van der Waals surface area contributed by atoms with Crippen molar-refractivity contribution < 1.29 is 14.7 Å². The van der Waals surface area contributed by atoms with Gasteiger partial charge in [0.2, 0.25) is 0 Å².